The molecule has 0 aliphatic heterocycles. The molecule has 0 unspecified atom stereocenters. The SMILES string of the molecule is CC(C)(O)c1cn(-c2cccc(-c3ccc(Cl)c(C(F)(F)F)c3)c2)c(-c2ccccc2C(F)(F)F)n1. The van der Waals surface area contributed by atoms with E-state index in [9.17, 15) is 31.4 Å². The molecule has 0 aliphatic rings. The van der Waals surface area contributed by atoms with E-state index in [2.05, 4.69) is 4.98 Å². The number of alkyl halides is 6. The first kappa shape index (κ1) is 25.8. The second kappa shape index (κ2) is 8.97. The molecule has 0 atom stereocenters. The maximum atomic E-state index is 13.8. The van der Waals surface area contributed by atoms with Crippen LogP contribution in [0, 0.1) is 0 Å². The highest BCUT2D eigenvalue weighted by Gasteiger charge is 2.36. The minimum Gasteiger partial charge on any atom is -0.384 e. The van der Waals surface area contributed by atoms with Crippen LogP contribution in [0.5, 0.6) is 0 Å². The van der Waals surface area contributed by atoms with Gasteiger partial charge >= 0.3 is 12.4 Å². The normalized spacial score (nSPS) is 12.7. The summed E-state index contributed by atoms with van der Waals surface area (Å²) in [6.45, 7) is 2.89. The van der Waals surface area contributed by atoms with E-state index in [0.717, 1.165) is 18.2 Å². The van der Waals surface area contributed by atoms with Crippen LogP contribution in [0.25, 0.3) is 28.2 Å². The highest BCUT2D eigenvalue weighted by Crippen LogP contribution is 2.40. The van der Waals surface area contributed by atoms with Gasteiger partial charge in [-0.1, -0.05) is 48.0 Å². The summed E-state index contributed by atoms with van der Waals surface area (Å²) in [7, 11) is 0. The Labute approximate surface area is 207 Å². The Kier molecular flexibility index (Phi) is 6.43. The first-order valence-electron chi connectivity index (χ1n) is 10.6. The molecule has 1 heterocycles. The molecule has 4 aromatic rings. The van der Waals surface area contributed by atoms with E-state index in [0.29, 0.717) is 11.3 Å². The third-order valence-electron chi connectivity index (χ3n) is 5.54. The van der Waals surface area contributed by atoms with Crippen molar-refractivity contribution >= 4 is 11.6 Å². The molecule has 0 aliphatic carbocycles. The summed E-state index contributed by atoms with van der Waals surface area (Å²) in [5, 5.41) is 10.1. The third kappa shape index (κ3) is 5.12. The van der Waals surface area contributed by atoms with Crippen LogP contribution in [0.3, 0.4) is 0 Å². The Bertz CT molecular complexity index is 1420. The number of halogens is 7. The Balaban J connectivity index is 1.92. The van der Waals surface area contributed by atoms with Crippen LogP contribution in [-0.4, -0.2) is 14.7 Å². The van der Waals surface area contributed by atoms with Crippen LogP contribution >= 0.6 is 11.6 Å². The lowest BCUT2D eigenvalue weighted by atomic mass is 10.0. The fourth-order valence-electron chi connectivity index (χ4n) is 3.74. The molecule has 1 aromatic heterocycles. The molecule has 0 radical (unpaired) electrons. The molecule has 10 heteroatoms. The Hall–Kier alpha value is -3.30. The van der Waals surface area contributed by atoms with Gasteiger partial charge in [-0.3, -0.25) is 4.57 Å². The summed E-state index contributed by atoms with van der Waals surface area (Å²) in [6.07, 6.45) is -7.92. The predicted molar refractivity (Wildman–Crippen MR) is 125 cm³/mol. The Morgan fingerprint density at radius 3 is 2.06 bits per heavy atom. The van der Waals surface area contributed by atoms with Crippen LogP contribution in [0.15, 0.2) is 72.9 Å². The zero-order chi connectivity index (χ0) is 26.5. The lowest BCUT2D eigenvalue weighted by molar-refractivity contribution is -0.138. The molecular weight excluding hydrogens is 506 g/mol. The fraction of sp³-hybridized carbons (Fsp3) is 0.192. The zero-order valence-electron chi connectivity index (χ0n) is 18.9. The molecule has 0 bridgehead atoms. The van der Waals surface area contributed by atoms with Crippen molar-refractivity contribution in [1.29, 1.82) is 0 Å². The fourth-order valence-corrected chi connectivity index (χ4v) is 3.97. The second-order valence-corrected chi connectivity index (χ2v) is 9.07. The van der Waals surface area contributed by atoms with Crippen molar-refractivity contribution in [2.45, 2.75) is 31.8 Å². The average Bonchev–Trinajstić information content (AvgIpc) is 3.24. The van der Waals surface area contributed by atoms with Gasteiger partial charge in [-0.25, -0.2) is 4.98 Å². The molecule has 3 nitrogen and oxygen atoms in total. The van der Waals surface area contributed by atoms with E-state index in [1.165, 1.54) is 54.9 Å². The smallest absolute Gasteiger partial charge is 0.384 e. The standard InChI is InChI=1S/C26H19ClF6N2O/c1-24(2,36)22-14-35(23(34-22)18-8-3-4-9-19(18)25(28,29)30)17-7-5-6-15(12-17)16-10-11-21(27)20(13-16)26(31,32)33/h3-14,36H,1-2H3. The van der Waals surface area contributed by atoms with Crippen LogP contribution in [0.4, 0.5) is 26.3 Å². The van der Waals surface area contributed by atoms with Gasteiger partial charge in [-0.05, 0) is 55.3 Å². The van der Waals surface area contributed by atoms with Gasteiger partial charge in [0.25, 0.3) is 0 Å². The largest absolute Gasteiger partial charge is 0.417 e. The molecule has 0 saturated carbocycles. The van der Waals surface area contributed by atoms with E-state index in [1.54, 1.807) is 18.2 Å². The van der Waals surface area contributed by atoms with Crippen LogP contribution in [0.2, 0.25) is 5.02 Å². The molecule has 36 heavy (non-hydrogen) atoms. The van der Waals surface area contributed by atoms with E-state index in [-0.39, 0.29) is 22.6 Å². The molecule has 1 N–H and O–H groups in total. The first-order valence-corrected chi connectivity index (χ1v) is 11.0. The average molecular weight is 525 g/mol. The maximum absolute atomic E-state index is 13.8. The minimum atomic E-state index is -4.67. The Morgan fingerprint density at radius 2 is 1.42 bits per heavy atom. The van der Waals surface area contributed by atoms with Crippen LogP contribution in [0.1, 0.15) is 30.7 Å². The number of hydrogen-bond donors (Lipinski definition) is 1. The molecule has 3 aromatic carbocycles. The lowest BCUT2D eigenvalue weighted by Crippen LogP contribution is -2.15. The van der Waals surface area contributed by atoms with Crippen molar-refractivity contribution in [3.8, 4) is 28.2 Å². The van der Waals surface area contributed by atoms with E-state index in [4.69, 9.17) is 11.6 Å². The summed E-state index contributed by atoms with van der Waals surface area (Å²) >= 11 is 5.73. The van der Waals surface area contributed by atoms with Gasteiger partial charge in [-0.2, -0.15) is 26.3 Å². The van der Waals surface area contributed by atoms with Gasteiger partial charge in [0.1, 0.15) is 11.4 Å². The van der Waals surface area contributed by atoms with E-state index >= 15 is 0 Å². The molecular formula is C26H19ClF6N2O. The Morgan fingerprint density at radius 1 is 0.778 bits per heavy atom. The first-order chi connectivity index (χ1) is 16.7. The van der Waals surface area contributed by atoms with Gasteiger partial charge < -0.3 is 5.11 Å². The number of aliphatic hydroxyl groups is 1. The number of hydrogen-bond acceptors (Lipinski definition) is 2. The van der Waals surface area contributed by atoms with Gasteiger partial charge in [0.05, 0.1) is 21.8 Å². The predicted octanol–water partition coefficient (Wildman–Crippen LogP) is 8.12. The summed E-state index contributed by atoms with van der Waals surface area (Å²) in [5.74, 6) is -0.0794. The summed E-state index contributed by atoms with van der Waals surface area (Å²) in [6, 6.07) is 14.6. The summed E-state index contributed by atoms with van der Waals surface area (Å²) in [4.78, 5) is 4.31. The molecule has 0 spiro atoms. The van der Waals surface area contributed by atoms with Gasteiger partial charge in [-0.15, -0.1) is 0 Å². The van der Waals surface area contributed by atoms with Crippen LogP contribution in [-0.2, 0) is 18.0 Å². The third-order valence-corrected chi connectivity index (χ3v) is 5.87. The molecule has 188 valence electrons. The van der Waals surface area contributed by atoms with E-state index in [1.807, 2.05) is 0 Å². The van der Waals surface area contributed by atoms with Crippen molar-refractivity contribution in [2.75, 3.05) is 0 Å². The van der Waals surface area contributed by atoms with Gasteiger partial charge in [0, 0.05) is 17.4 Å². The summed E-state index contributed by atoms with van der Waals surface area (Å²) < 4.78 is 82.8. The number of aromatic nitrogens is 2. The van der Waals surface area contributed by atoms with Gasteiger partial charge in [0.15, 0.2) is 0 Å². The lowest BCUT2D eigenvalue weighted by Gasteiger charge is -2.15. The van der Waals surface area contributed by atoms with Crippen molar-refractivity contribution in [3.63, 3.8) is 0 Å². The van der Waals surface area contributed by atoms with E-state index < -0.39 is 34.1 Å². The highest BCUT2D eigenvalue weighted by molar-refractivity contribution is 6.31. The summed E-state index contributed by atoms with van der Waals surface area (Å²) in [5.41, 5.74) is -2.55. The number of rotatable bonds is 4. The quantitative estimate of drug-likeness (QED) is 0.274. The minimum absolute atomic E-state index is 0.0794. The topological polar surface area (TPSA) is 38.0 Å². The highest BCUT2D eigenvalue weighted by atomic mass is 35.5. The van der Waals surface area contributed by atoms with Crippen molar-refractivity contribution in [2.24, 2.45) is 0 Å². The maximum Gasteiger partial charge on any atom is 0.417 e. The van der Waals surface area contributed by atoms with Gasteiger partial charge in [0.2, 0.25) is 0 Å². The zero-order valence-corrected chi connectivity index (χ0v) is 19.7. The number of imidazole rings is 1. The van der Waals surface area contributed by atoms with Crippen molar-refractivity contribution < 1.29 is 31.4 Å². The molecule has 4 rings (SSSR count). The number of nitrogens with zero attached hydrogens (tertiary/aromatic N) is 2. The van der Waals surface area contributed by atoms with Crippen molar-refractivity contribution in [3.05, 3.63) is 94.8 Å². The monoisotopic (exact) mass is 524 g/mol. The molecule has 0 saturated heterocycles. The molecule has 0 fully saturated rings. The second-order valence-electron chi connectivity index (χ2n) is 8.66. The molecule has 0 amide bonds. The van der Waals surface area contributed by atoms with Crippen molar-refractivity contribution in [1.82, 2.24) is 9.55 Å². The van der Waals surface area contributed by atoms with Crippen LogP contribution < -0.4 is 0 Å². The number of benzene rings is 3.